The second kappa shape index (κ2) is 5.91. The Bertz CT molecular complexity index is 572. The molecule has 21 heavy (non-hydrogen) atoms. The number of allylic oxidation sites excluding steroid dienone is 2. The Kier molecular flexibility index (Phi) is 4.15. The van der Waals surface area contributed by atoms with Gasteiger partial charge in [0.1, 0.15) is 6.54 Å². The summed E-state index contributed by atoms with van der Waals surface area (Å²) in [6.45, 7) is 1.20. The number of amides is 2. The Morgan fingerprint density at radius 2 is 1.86 bits per heavy atom. The summed E-state index contributed by atoms with van der Waals surface area (Å²) in [6.07, 6.45) is 5.43. The molecule has 2 heterocycles. The molecule has 1 aromatic heterocycles. The van der Waals surface area contributed by atoms with Crippen molar-refractivity contribution in [1.29, 1.82) is 0 Å². The fraction of sp³-hybridized carbons (Fsp3) is 0.467. The molecule has 0 radical (unpaired) electrons. The van der Waals surface area contributed by atoms with E-state index in [0.29, 0.717) is 19.5 Å². The van der Waals surface area contributed by atoms with Crippen LogP contribution in [0, 0.1) is 11.8 Å². The van der Waals surface area contributed by atoms with Crippen molar-refractivity contribution in [3.63, 3.8) is 0 Å². The molecule has 1 unspecified atom stereocenters. The number of hydrogen-bond acceptors (Lipinski definition) is 3. The number of fused-ring (bicyclic) bond motifs is 1. The summed E-state index contributed by atoms with van der Waals surface area (Å²) in [7, 11) is 1.99. The molecule has 112 valence electrons. The lowest BCUT2D eigenvalue weighted by molar-refractivity contribution is -0.900. The largest absolute Gasteiger partial charge is 0.315 e. The molecule has 6 heteroatoms. The number of likely N-dealkylation sites (tertiary alicyclic amines) is 1. The lowest BCUT2D eigenvalue weighted by Gasteiger charge is -2.20. The van der Waals surface area contributed by atoms with Gasteiger partial charge in [-0.25, -0.2) is 4.90 Å². The highest BCUT2D eigenvalue weighted by atomic mass is 35.5. The average molecular weight is 326 g/mol. The van der Waals surface area contributed by atoms with Crippen LogP contribution in [0.25, 0.3) is 0 Å². The first-order valence-electron chi connectivity index (χ1n) is 7.12. The minimum absolute atomic E-state index is 0.00193. The number of quaternary nitrogens is 1. The molecule has 0 saturated carbocycles. The molecule has 0 aromatic carbocycles. The zero-order valence-corrected chi connectivity index (χ0v) is 13.4. The number of imide groups is 1. The van der Waals surface area contributed by atoms with Gasteiger partial charge in [0.25, 0.3) is 0 Å². The van der Waals surface area contributed by atoms with E-state index in [0.717, 1.165) is 20.7 Å². The molecule has 2 amide bonds. The Labute approximate surface area is 133 Å². The Hall–Kier alpha value is -1.17. The van der Waals surface area contributed by atoms with Crippen LogP contribution in [-0.4, -0.2) is 30.4 Å². The van der Waals surface area contributed by atoms with Crippen LogP contribution in [0.5, 0.6) is 0 Å². The molecule has 4 nitrogen and oxygen atoms in total. The molecule has 1 aliphatic heterocycles. The van der Waals surface area contributed by atoms with Gasteiger partial charge in [0.2, 0.25) is 11.8 Å². The third-order valence-corrected chi connectivity index (χ3v) is 5.36. The smallest absolute Gasteiger partial charge is 0.237 e. The quantitative estimate of drug-likeness (QED) is 0.670. The highest BCUT2D eigenvalue weighted by Crippen LogP contribution is 2.34. The molecule has 3 rings (SSSR count). The predicted octanol–water partition coefficient (Wildman–Crippen LogP) is 1.32. The van der Waals surface area contributed by atoms with Crippen molar-refractivity contribution < 1.29 is 14.5 Å². The van der Waals surface area contributed by atoms with Gasteiger partial charge in [0.05, 0.1) is 28.1 Å². The fourth-order valence-corrected chi connectivity index (χ4v) is 4.30. The lowest BCUT2D eigenvalue weighted by Crippen LogP contribution is -3.09. The highest BCUT2D eigenvalue weighted by molar-refractivity contribution is 7.16. The first-order valence-corrected chi connectivity index (χ1v) is 8.31. The summed E-state index contributed by atoms with van der Waals surface area (Å²) in [5, 5.41) is 0. The minimum Gasteiger partial charge on any atom is -0.315 e. The standard InChI is InChI=1S/C15H17ClN2O2S/c1-17(8-10-6-7-13(16)21-10)9-18-14(19)11-4-2-3-5-12(11)15(18)20/h2-3,6-7,11-12H,4-5,8-9H2,1H3/p+1/t11-,12-/m0/s1. The van der Waals surface area contributed by atoms with Gasteiger partial charge in [0.15, 0.2) is 6.67 Å². The van der Waals surface area contributed by atoms with E-state index >= 15 is 0 Å². The number of nitrogens with zero attached hydrogens (tertiary/aromatic N) is 1. The number of thiophene rings is 1. The maximum absolute atomic E-state index is 12.4. The third-order valence-electron chi connectivity index (χ3n) is 4.13. The molecule has 0 spiro atoms. The van der Waals surface area contributed by atoms with Gasteiger partial charge < -0.3 is 4.90 Å². The van der Waals surface area contributed by atoms with Gasteiger partial charge in [-0.2, -0.15) is 0 Å². The Balaban J connectivity index is 1.64. The Morgan fingerprint density at radius 3 is 2.38 bits per heavy atom. The van der Waals surface area contributed by atoms with Crippen LogP contribution in [0.3, 0.4) is 0 Å². The van der Waals surface area contributed by atoms with Crippen LogP contribution in [0.2, 0.25) is 4.34 Å². The van der Waals surface area contributed by atoms with Gasteiger partial charge in [-0.3, -0.25) is 9.59 Å². The molecular weight excluding hydrogens is 308 g/mol. The van der Waals surface area contributed by atoms with E-state index in [1.807, 2.05) is 31.3 Å². The van der Waals surface area contributed by atoms with E-state index < -0.39 is 0 Å². The Morgan fingerprint density at radius 1 is 1.24 bits per heavy atom. The topological polar surface area (TPSA) is 41.8 Å². The monoisotopic (exact) mass is 325 g/mol. The second-order valence-corrected chi connectivity index (χ2v) is 7.56. The van der Waals surface area contributed by atoms with E-state index in [9.17, 15) is 9.59 Å². The van der Waals surface area contributed by atoms with Crippen molar-refractivity contribution in [3.05, 3.63) is 33.5 Å². The number of rotatable bonds is 4. The summed E-state index contributed by atoms with van der Waals surface area (Å²) >= 11 is 7.47. The second-order valence-electron chi connectivity index (χ2n) is 5.76. The van der Waals surface area contributed by atoms with Gasteiger partial charge >= 0.3 is 0 Å². The molecule has 2 aliphatic rings. The number of carbonyl (C=O) groups excluding carboxylic acids is 2. The van der Waals surface area contributed by atoms with E-state index in [2.05, 4.69) is 0 Å². The molecule has 1 aliphatic carbocycles. The first kappa shape index (κ1) is 14.8. The normalized spacial score (nSPS) is 26.3. The number of carbonyl (C=O) groups is 2. The van der Waals surface area contributed by atoms with Crippen LogP contribution < -0.4 is 4.90 Å². The van der Waals surface area contributed by atoms with Gasteiger partial charge in [-0.1, -0.05) is 23.8 Å². The van der Waals surface area contributed by atoms with E-state index in [1.54, 1.807) is 11.3 Å². The fourth-order valence-electron chi connectivity index (χ4n) is 3.09. The van der Waals surface area contributed by atoms with Crippen LogP contribution in [0.1, 0.15) is 17.7 Å². The summed E-state index contributed by atoms with van der Waals surface area (Å²) in [6, 6.07) is 3.87. The average Bonchev–Trinajstić information content (AvgIpc) is 2.97. The van der Waals surface area contributed by atoms with Crippen LogP contribution in [0.15, 0.2) is 24.3 Å². The summed E-state index contributed by atoms with van der Waals surface area (Å²) in [5.41, 5.74) is 0. The van der Waals surface area contributed by atoms with Gasteiger partial charge in [-0.15, -0.1) is 11.3 Å². The highest BCUT2D eigenvalue weighted by Gasteiger charge is 2.48. The SMILES string of the molecule is C[NH+](Cc1ccc(Cl)s1)CN1C(=O)[C@H]2CC=CC[C@@H]2C1=O. The molecule has 1 aromatic rings. The summed E-state index contributed by atoms with van der Waals surface area (Å²) in [4.78, 5) is 28.5. The molecule has 1 fully saturated rings. The number of halogens is 1. The van der Waals surface area contributed by atoms with Crippen molar-refractivity contribution in [2.24, 2.45) is 11.8 Å². The lowest BCUT2D eigenvalue weighted by atomic mass is 9.85. The zero-order chi connectivity index (χ0) is 15.0. The van der Waals surface area contributed by atoms with Crippen molar-refractivity contribution in [2.45, 2.75) is 19.4 Å². The van der Waals surface area contributed by atoms with Crippen molar-refractivity contribution >= 4 is 34.8 Å². The first-order chi connectivity index (χ1) is 10.1. The van der Waals surface area contributed by atoms with Crippen molar-refractivity contribution in [3.8, 4) is 0 Å². The van der Waals surface area contributed by atoms with Gasteiger partial charge in [0, 0.05) is 0 Å². The summed E-state index contributed by atoms with van der Waals surface area (Å²) < 4.78 is 0.767. The molecule has 1 N–H and O–H groups in total. The molecule has 0 bridgehead atoms. The zero-order valence-electron chi connectivity index (χ0n) is 11.8. The van der Waals surface area contributed by atoms with Crippen LogP contribution >= 0.6 is 22.9 Å². The van der Waals surface area contributed by atoms with E-state index in [4.69, 9.17) is 11.6 Å². The van der Waals surface area contributed by atoms with E-state index in [1.165, 1.54) is 4.90 Å². The van der Waals surface area contributed by atoms with E-state index in [-0.39, 0.29) is 23.7 Å². The van der Waals surface area contributed by atoms with Crippen LogP contribution in [0.4, 0.5) is 0 Å². The summed E-state index contributed by atoms with van der Waals surface area (Å²) in [5.74, 6) is -0.270. The predicted molar refractivity (Wildman–Crippen MR) is 82.0 cm³/mol. The third kappa shape index (κ3) is 2.91. The van der Waals surface area contributed by atoms with Crippen LogP contribution in [-0.2, 0) is 16.1 Å². The molecule has 1 saturated heterocycles. The minimum atomic E-state index is -0.133. The van der Waals surface area contributed by atoms with Crippen molar-refractivity contribution in [2.75, 3.05) is 13.7 Å². The van der Waals surface area contributed by atoms with Crippen molar-refractivity contribution in [1.82, 2.24) is 4.90 Å². The molecular formula is C15H18ClN2O2S+. The maximum Gasteiger partial charge on any atom is 0.237 e. The number of hydrogen-bond donors (Lipinski definition) is 1. The molecule has 3 atom stereocenters. The van der Waals surface area contributed by atoms with Gasteiger partial charge in [-0.05, 0) is 25.0 Å². The number of nitrogens with one attached hydrogen (secondary N) is 1. The maximum atomic E-state index is 12.4.